The van der Waals surface area contributed by atoms with E-state index in [2.05, 4.69) is 5.10 Å². The summed E-state index contributed by atoms with van der Waals surface area (Å²) in [6.07, 6.45) is 2.47. The molecule has 0 aliphatic heterocycles. The SMILES string of the molecule is COc1ccc(Cc2cccc[n+]2/N=C(\[O-])c2ccccc2)cc1. The minimum absolute atomic E-state index is 0.261. The zero-order valence-corrected chi connectivity index (χ0v) is 13.4. The maximum atomic E-state index is 12.3. The molecular weight excluding hydrogens is 300 g/mol. The fraction of sp³-hybridized carbons (Fsp3) is 0.100. The van der Waals surface area contributed by atoms with Gasteiger partial charge >= 0.3 is 0 Å². The first-order valence-electron chi connectivity index (χ1n) is 7.70. The molecule has 24 heavy (non-hydrogen) atoms. The molecule has 0 aliphatic carbocycles. The number of pyridine rings is 1. The van der Waals surface area contributed by atoms with E-state index in [1.165, 1.54) is 0 Å². The third-order valence-electron chi connectivity index (χ3n) is 3.68. The van der Waals surface area contributed by atoms with Crippen molar-refractivity contribution in [2.24, 2.45) is 5.10 Å². The lowest BCUT2D eigenvalue weighted by molar-refractivity contribution is -0.688. The van der Waals surface area contributed by atoms with Crippen molar-refractivity contribution in [3.63, 3.8) is 0 Å². The summed E-state index contributed by atoms with van der Waals surface area (Å²) in [5.41, 5.74) is 2.63. The highest BCUT2D eigenvalue weighted by atomic mass is 16.5. The van der Waals surface area contributed by atoms with E-state index in [-0.39, 0.29) is 5.90 Å². The van der Waals surface area contributed by atoms with E-state index in [4.69, 9.17) is 4.74 Å². The van der Waals surface area contributed by atoms with Gasteiger partial charge in [-0.2, -0.15) is 0 Å². The Labute approximate surface area is 141 Å². The summed E-state index contributed by atoms with van der Waals surface area (Å²) in [5, 5.41) is 16.5. The highest BCUT2D eigenvalue weighted by Crippen LogP contribution is 2.13. The van der Waals surface area contributed by atoms with Crippen LogP contribution in [0.15, 0.2) is 84.1 Å². The van der Waals surface area contributed by atoms with Crippen LogP contribution in [-0.2, 0) is 6.42 Å². The Balaban J connectivity index is 1.87. The van der Waals surface area contributed by atoms with Crippen LogP contribution in [-0.4, -0.2) is 13.0 Å². The molecule has 4 heteroatoms. The van der Waals surface area contributed by atoms with Crippen LogP contribution in [0.3, 0.4) is 0 Å². The predicted molar refractivity (Wildman–Crippen MR) is 90.8 cm³/mol. The first-order chi connectivity index (χ1) is 11.8. The number of aromatic nitrogens is 1. The van der Waals surface area contributed by atoms with Gasteiger partial charge in [0, 0.05) is 12.1 Å². The van der Waals surface area contributed by atoms with Gasteiger partial charge in [0.25, 0.3) is 0 Å². The van der Waals surface area contributed by atoms with E-state index in [9.17, 15) is 5.11 Å². The van der Waals surface area contributed by atoms with Crippen LogP contribution in [0.4, 0.5) is 0 Å². The molecule has 2 aromatic carbocycles. The second kappa shape index (κ2) is 7.42. The molecule has 0 radical (unpaired) electrons. The Hall–Kier alpha value is -3.14. The molecule has 1 heterocycles. The monoisotopic (exact) mass is 318 g/mol. The second-order valence-electron chi connectivity index (χ2n) is 5.33. The zero-order valence-electron chi connectivity index (χ0n) is 13.4. The topological polar surface area (TPSA) is 48.5 Å². The first kappa shape index (κ1) is 15.7. The number of hydrogen-bond acceptors (Lipinski definition) is 3. The fourth-order valence-corrected chi connectivity index (χ4v) is 2.40. The van der Waals surface area contributed by atoms with Crippen molar-refractivity contribution < 1.29 is 14.5 Å². The molecule has 1 aromatic heterocycles. The molecule has 0 aliphatic rings. The van der Waals surface area contributed by atoms with Gasteiger partial charge in [-0.25, -0.2) is 0 Å². The van der Waals surface area contributed by atoms with E-state index in [1.807, 2.05) is 60.7 Å². The fourth-order valence-electron chi connectivity index (χ4n) is 2.40. The van der Waals surface area contributed by atoms with Crippen molar-refractivity contribution in [1.29, 1.82) is 0 Å². The number of hydrogen-bond donors (Lipinski definition) is 0. The molecule has 0 amide bonds. The van der Waals surface area contributed by atoms with E-state index < -0.39 is 0 Å². The molecule has 3 rings (SSSR count). The van der Waals surface area contributed by atoms with E-state index in [0.29, 0.717) is 12.0 Å². The van der Waals surface area contributed by atoms with Crippen molar-refractivity contribution in [2.75, 3.05) is 7.11 Å². The third kappa shape index (κ3) is 3.79. The van der Waals surface area contributed by atoms with Crippen molar-refractivity contribution >= 4 is 5.90 Å². The molecule has 0 N–H and O–H groups in total. The molecule has 4 nitrogen and oxygen atoms in total. The smallest absolute Gasteiger partial charge is 0.218 e. The summed E-state index contributed by atoms with van der Waals surface area (Å²) in [4.78, 5) is 0. The number of rotatable bonds is 5. The molecule has 120 valence electrons. The summed E-state index contributed by atoms with van der Waals surface area (Å²) in [5.74, 6) is 0.561. The van der Waals surface area contributed by atoms with Crippen LogP contribution in [0, 0.1) is 0 Å². The lowest BCUT2D eigenvalue weighted by atomic mass is 10.1. The largest absolute Gasteiger partial charge is 0.854 e. The van der Waals surface area contributed by atoms with Crippen LogP contribution in [0.2, 0.25) is 0 Å². The highest BCUT2D eigenvalue weighted by molar-refractivity contribution is 5.89. The van der Waals surface area contributed by atoms with Crippen LogP contribution < -0.4 is 14.5 Å². The van der Waals surface area contributed by atoms with Gasteiger partial charge in [-0.1, -0.05) is 47.1 Å². The van der Waals surface area contributed by atoms with Crippen molar-refractivity contribution in [3.8, 4) is 5.75 Å². The molecule has 0 atom stereocenters. The minimum atomic E-state index is -0.261. The molecule has 0 bridgehead atoms. The van der Waals surface area contributed by atoms with Gasteiger partial charge in [-0.05, 0) is 34.4 Å². The lowest BCUT2D eigenvalue weighted by Gasteiger charge is -2.07. The molecule has 0 saturated carbocycles. The van der Waals surface area contributed by atoms with Gasteiger partial charge in [0.2, 0.25) is 11.9 Å². The third-order valence-corrected chi connectivity index (χ3v) is 3.68. The van der Waals surface area contributed by atoms with Gasteiger partial charge in [0.05, 0.1) is 19.4 Å². The Morgan fingerprint density at radius 2 is 1.67 bits per heavy atom. The summed E-state index contributed by atoms with van der Waals surface area (Å²) in [6, 6.07) is 22.7. The highest BCUT2D eigenvalue weighted by Gasteiger charge is 2.10. The van der Waals surface area contributed by atoms with Gasteiger partial charge in [-0.3, -0.25) is 0 Å². The van der Waals surface area contributed by atoms with Crippen LogP contribution in [0.5, 0.6) is 5.75 Å². The van der Waals surface area contributed by atoms with Crippen molar-refractivity contribution in [1.82, 2.24) is 0 Å². The van der Waals surface area contributed by atoms with Gasteiger partial charge in [0.1, 0.15) is 5.75 Å². The van der Waals surface area contributed by atoms with E-state index in [1.54, 1.807) is 30.1 Å². The lowest BCUT2D eigenvalue weighted by Crippen LogP contribution is -2.37. The Bertz CT molecular complexity index is 828. The van der Waals surface area contributed by atoms with Gasteiger partial charge in [-0.15, -0.1) is 0 Å². The van der Waals surface area contributed by atoms with Crippen LogP contribution >= 0.6 is 0 Å². The maximum Gasteiger partial charge on any atom is 0.218 e. The molecule has 0 fully saturated rings. The molecule has 3 aromatic rings. The van der Waals surface area contributed by atoms with Crippen molar-refractivity contribution in [2.45, 2.75) is 6.42 Å². The van der Waals surface area contributed by atoms with Crippen molar-refractivity contribution in [3.05, 3.63) is 95.8 Å². The number of benzene rings is 2. The van der Waals surface area contributed by atoms with Crippen LogP contribution in [0.1, 0.15) is 16.8 Å². The number of ether oxygens (including phenoxy) is 1. The predicted octanol–water partition coefficient (Wildman–Crippen LogP) is 2.14. The van der Waals surface area contributed by atoms with Gasteiger partial charge in [0.15, 0.2) is 0 Å². The summed E-state index contributed by atoms with van der Waals surface area (Å²) in [7, 11) is 1.65. The van der Waals surface area contributed by atoms with Crippen LogP contribution in [0.25, 0.3) is 0 Å². The van der Waals surface area contributed by atoms with Gasteiger partial charge < -0.3 is 9.84 Å². The minimum Gasteiger partial charge on any atom is -0.854 e. The maximum absolute atomic E-state index is 12.3. The first-order valence-corrected chi connectivity index (χ1v) is 7.70. The zero-order chi connectivity index (χ0) is 16.8. The Kier molecular flexibility index (Phi) is 4.87. The summed E-state index contributed by atoms with van der Waals surface area (Å²) < 4.78 is 6.81. The second-order valence-corrected chi connectivity index (χ2v) is 5.33. The average molecular weight is 318 g/mol. The quantitative estimate of drug-likeness (QED) is 0.411. The summed E-state index contributed by atoms with van der Waals surface area (Å²) in [6.45, 7) is 0. The standard InChI is InChI=1S/C20H18N2O2/c1-24-19-12-10-16(11-13-19)15-18-9-5-6-14-22(18)21-20(23)17-7-3-2-4-8-17/h2-14H,15H2,1H3. The molecular formula is C20H18N2O2. The normalized spacial score (nSPS) is 11.3. The molecule has 0 saturated heterocycles. The Morgan fingerprint density at radius 3 is 2.38 bits per heavy atom. The van der Waals surface area contributed by atoms with E-state index >= 15 is 0 Å². The molecule has 0 spiro atoms. The number of nitrogens with zero attached hydrogens (tertiary/aromatic N) is 2. The number of methoxy groups -OCH3 is 1. The molecule has 0 unspecified atom stereocenters. The Morgan fingerprint density at radius 1 is 0.958 bits per heavy atom. The average Bonchev–Trinajstić information content (AvgIpc) is 2.64. The summed E-state index contributed by atoms with van der Waals surface area (Å²) >= 11 is 0. The van der Waals surface area contributed by atoms with E-state index in [0.717, 1.165) is 17.0 Å².